The lowest BCUT2D eigenvalue weighted by Gasteiger charge is -2.20. The van der Waals surface area contributed by atoms with Crippen LogP contribution < -0.4 is 5.32 Å². The molecule has 1 unspecified atom stereocenters. The second-order valence-corrected chi connectivity index (χ2v) is 5.20. The summed E-state index contributed by atoms with van der Waals surface area (Å²) < 4.78 is 0. The number of hydrogen-bond acceptors (Lipinski definition) is 5. The van der Waals surface area contributed by atoms with Crippen molar-refractivity contribution in [2.75, 3.05) is 7.05 Å². The van der Waals surface area contributed by atoms with E-state index in [4.69, 9.17) is 0 Å². The molecule has 2 rings (SSSR count). The first-order chi connectivity index (χ1) is 11.8. The minimum atomic E-state index is -1.51. The van der Waals surface area contributed by atoms with Crippen molar-refractivity contribution in [1.29, 1.82) is 0 Å². The van der Waals surface area contributed by atoms with Gasteiger partial charge >= 0.3 is 12.0 Å². The van der Waals surface area contributed by atoms with E-state index in [0.29, 0.717) is 0 Å². The Kier molecular flexibility index (Phi) is 5.23. The van der Waals surface area contributed by atoms with Crippen molar-refractivity contribution in [2.45, 2.75) is 6.04 Å². The van der Waals surface area contributed by atoms with Gasteiger partial charge in [0.2, 0.25) is 0 Å². The molecule has 0 aliphatic rings. The Hall–Kier alpha value is -3.55. The molecular weight excluding hydrogens is 328 g/mol. The summed E-state index contributed by atoms with van der Waals surface area (Å²) in [6.45, 7) is 0. The van der Waals surface area contributed by atoms with E-state index in [9.17, 15) is 29.7 Å². The first-order valence-corrected chi connectivity index (χ1v) is 7.19. The summed E-state index contributed by atoms with van der Waals surface area (Å²) in [5.74, 6) is -2.93. The summed E-state index contributed by atoms with van der Waals surface area (Å²) in [5, 5.41) is 30.3. The Morgan fingerprint density at radius 3 is 2.20 bits per heavy atom. The summed E-state index contributed by atoms with van der Waals surface area (Å²) in [5.41, 5.74) is 0.311. The van der Waals surface area contributed by atoms with Gasteiger partial charge in [-0.2, -0.15) is 0 Å². The fourth-order valence-electron chi connectivity index (χ4n) is 2.09. The molecule has 0 bridgehead atoms. The molecule has 0 aliphatic carbocycles. The second-order valence-electron chi connectivity index (χ2n) is 5.20. The Morgan fingerprint density at radius 2 is 1.64 bits per heavy atom. The van der Waals surface area contributed by atoms with Crippen LogP contribution in [0, 0.1) is 0 Å². The van der Waals surface area contributed by atoms with Crippen LogP contribution in [0.5, 0.6) is 11.5 Å². The molecular formula is C17H16N2O6. The van der Waals surface area contributed by atoms with E-state index >= 15 is 0 Å². The number of carbonyl (C=O) groups excluding carboxylic acids is 2. The predicted octanol–water partition coefficient (Wildman–Crippen LogP) is 1.71. The Balaban J connectivity index is 2.18. The molecule has 8 nitrogen and oxygen atoms in total. The minimum Gasteiger partial charge on any atom is -0.504 e. The van der Waals surface area contributed by atoms with Gasteiger partial charge in [-0.1, -0.05) is 24.3 Å². The molecule has 0 saturated heterocycles. The standard InChI is InChI=1S/C17H16N2O6/c1-19(15(22)10-5-3-2-4-6-10)17(25)18-14(16(23)24)11-7-8-12(20)13(21)9-11/h2-9,14,20-21H,1H3,(H,18,25)(H,23,24). The zero-order valence-electron chi connectivity index (χ0n) is 13.2. The first-order valence-electron chi connectivity index (χ1n) is 7.19. The summed E-state index contributed by atoms with van der Waals surface area (Å²) in [4.78, 5) is 36.6. The van der Waals surface area contributed by atoms with E-state index in [1.54, 1.807) is 18.2 Å². The Morgan fingerprint density at radius 1 is 1.00 bits per heavy atom. The Bertz CT molecular complexity index is 806. The number of nitrogens with one attached hydrogen (secondary N) is 1. The van der Waals surface area contributed by atoms with E-state index in [-0.39, 0.29) is 11.1 Å². The molecule has 0 radical (unpaired) electrons. The van der Waals surface area contributed by atoms with Crippen molar-refractivity contribution < 1.29 is 29.7 Å². The number of aromatic hydroxyl groups is 2. The number of phenols is 2. The quantitative estimate of drug-likeness (QED) is 0.625. The molecule has 0 heterocycles. The number of benzene rings is 2. The normalized spacial score (nSPS) is 11.4. The van der Waals surface area contributed by atoms with Crippen LogP contribution in [0.2, 0.25) is 0 Å². The highest BCUT2D eigenvalue weighted by atomic mass is 16.4. The second kappa shape index (κ2) is 7.35. The molecule has 0 aliphatic heterocycles. The lowest BCUT2D eigenvalue weighted by Crippen LogP contribution is -2.44. The Labute approximate surface area is 142 Å². The molecule has 1 atom stereocenters. The number of amides is 3. The van der Waals surface area contributed by atoms with Crippen LogP contribution >= 0.6 is 0 Å². The van der Waals surface area contributed by atoms with E-state index in [1.165, 1.54) is 25.2 Å². The number of carboxylic acid groups (broad SMARTS) is 1. The van der Waals surface area contributed by atoms with Gasteiger partial charge in [-0.3, -0.25) is 9.69 Å². The SMILES string of the molecule is CN(C(=O)NC(C(=O)O)c1ccc(O)c(O)c1)C(=O)c1ccccc1. The van der Waals surface area contributed by atoms with Gasteiger partial charge in [0.25, 0.3) is 5.91 Å². The number of carbonyl (C=O) groups is 3. The molecule has 0 spiro atoms. The zero-order valence-corrected chi connectivity index (χ0v) is 13.2. The number of carboxylic acids is 1. The highest BCUT2D eigenvalue weighted by Crippen LogP contribution is 2.28. The number of urea groups is 1. The van der Waals surface area contributed by atoms with Crippen molar-refractivity contribution in [3.63, 3.8) is 0 Å². The van der Waals surface area contributed by atoms with Crippen LogP contribution in [-0.2, 0) is 4.79 Å². The van der Waals surface area contributed by atoms with Crippen molar-refractivity contribution >= 4 is 17.9 Å². The molecule has 8 heteroatoms. The maximum Gasteiger partial charge on any atom is 0.330 e. The van der Waals surface area contributed by atoms with Crippen molar-refractivity contribution in [1.82, 2.24) is 10.2 Å². The average Bonchev–Trinajstić information content (AvgIpc) is 2.61. The fourth-order valence-corrected chi connectivity index (χ4v) is 2.09. The lowest BCUT2D eigenvalue weighted by atomic mass is 10.1. The lowest BCUT2D eigenvalue weighted by molar-refractivity contribution is -0.139. The third-order valence-corrected chi connectivity index (χ3v) is 3.48. The van der Waals surface area contributed by atoms with Crippen LogP contribution in [0.1, 0.15) is 22.0 Å². The molecule has 2 aromatic carbocycles. The summed E-state index contributed by atoms with van der Waals surface area (Å²) in [6.07, 6.45) is 0. The maximum absolute atomic E-state index is 12.2. The number of rotatable bonds is 4. The first kappa shape index (κ1) is 17.8. The molecule has 0 saturated carbocycles. The van der Waals surface area contributed by atoms with Crippen molar-refractivity contribution in [3.05, 3.63) is 59.7 Å². The summed E-state index contributed by atoms with van der Waals surface area (Å²) >= 11 is 0. The molecule has 0 fully saturated rings. The fraction of sp³-hybridized carbons (Fsp3) is 0.118. The van der Waals surface area contributed by atoms with Gasteiger partial charge in [-0.05, 0) is 29.8 Å². The number of hydrogen-bond donors (Lipinski definition) is 4. The number of imide groups is 1. The largest absolute Gasteiger partial charge is 0.504 e. The van der Waals surface area contributed by atoms with Gasteiger partial charge in [-0.15, -0.1) is 0 Å². The van der Waals surface area contributed by atoms with Crippen LogP contribution in [0.15, 0.2) is 48.5 Å². The molecule has 130 valence electrons. The predicted molar refractivity (Wildman–Crippen MR) is 87.2 cm³/mol. The number of phenolic OH excluding ortho intramolecular Hbond substituents is 2. The minimum absolute atomic E-state index is 0.0386. The van der Waals surface area contributed by atoms with Crippen molar-refractivity contribution in [3.8, 4) is 11.5 Å². The topological polar surface area (TPSA) is 127 Å². The molecule has 4 N–H and O–H groups in total. The van der Waals surface area contributed by atoms with E-state index in [0.717, 1.165) is 17.0 Å². The molecule has 3 amide bonds. The number of nitrogens with zero attached hydrogens (tertiary/aromatic N) is 1. The highest BCUT2D eigenvalue weighted by molar-refractivity contribution is 6.04. The van der Waals surface area contributed by atoms with Crippen LogP contribution in [0.3, 0.4) is 0 Å². The van der Waals surface area contributed by atoms with Gasteiger partial charge in [0.1, 0.15) is 0 Å². The monoisotopic (exact) mass is 344 g/mol. The summed E-state index contributed by atoms with van der Waals surface area (Å²) in [6, 6.07) is 8.98. The van der Waals surface area contributed by atoms with Crippen LogP contribution in [-0.4, -0.2) is 45.2 Å². The van der Waals surface area contributed by atoms with Gasteiger partial charge in [0.15, 0.2) is 17.5 Å². The highest BCUT2D eigenvalue weighted by Gasteiger charge is 2.27. The van der Waals surface area contributed by atoms with Gasteiger partial charge in [-0.25, -0.2) is 9.59 Å². The van der Waals surface area contributed by atoms with Gasteiger partial charge < -0.3 is 20.6 Å². The third kappa shape index (κ3) is 4.05. The van der Waals surface area contributed by atoms with E-state index in [2.05, 4.69) is 5.32 Å². The van der Waals surface area contributed by atoms with Gasteiger partial charge in [0, 0.05) is 12.6 Å². The van der Waals surface area contributed by atoms with Gasteiger partial charge in [0.05, 0.1) is 0 Å². The summed E-state index contributed by atoms with van der Waals surface area (Å²) in [7, 11) is 1.22. The smallest absolute Gasteiger partial charge is 0.330 e. The number of aliphatic carboxylic acids is 1. The van der Waals surface area contributed by atoms with E-state index in [1.807, 2.05) is 0 Å². The zero-order chi connectivity index (χ0) is 18.6. The van der Waals surface area contributed by atoms with Crippen LogP contribution in [0.4, 0.5) is 4.79 Å². The molecule has 25 heavy (non-hydrogen) atoms. The van der Waals surface area contributed by atoms with E-state index < -0.39 is 35.4 Å². The molecule has 2 aromatic rings. The third-order valence-electron chi connectivity index (χ3n) is 3.48. The average molecular weight is 344 g/mol. The van der Waals surface area contributed by atoms with Crippen molar-refractivity contribution in [2.24, 2.45) is 0 Å². The maximum atomic E-state index is 12.2. The molecule has 0 aromatic heterocycles. The van der Waals surface area contributed by atoms with Crippen LogP contribution in [0.25, 0.3) is 0 Å².